The standard InChI is InChI=1S/C15H16FNO3S2/c16-13-4-1-3-12(9-13)10-14-11-17(6-7-20-14)22(18,19)15-5-2-8-21-15/h1-5,8-9,14H,6-7,10-11H2. The Morgan fingerprint density at radius 1 is 1.32 bits per heavy atom. The lowest BCUT2D eigenvalue weighted by Crippen LogP contribution is -2.46. The van der Waals surface area contributed by atoms with E-state index < -0.39 is 10.0 Å². The first kappa shape index (κ1) is 15.6. The summed E-state index contributed by atoms with van der Waals surface area (Å²) in [5.74, 6) is -0.295. The summed E-state index contributed by atoms with van der Waals surface area (Å²) in [6, 6.07) is 9.64. The van der Waals surface area contributed by atoms with Crippen molar-refractivity contribution in [2.24, 2.45) is 0 Å². The van der Waals surface area contributed by atoms with Crippen molar-refractivity contribution in [2.45, 2.75) is 16.7 Å². The van der Waals surface area contributed by atoms with Crippen LogP contribution in [0, 0.1) is 5.82 Å². The minimum Gasteiger partial charge on any atom is -0.375 e. The molecule has 7 heteroatoms. The Kier molecular flexibility index (Phi) is 4.58. The van der Waals surface area contributed by atoms with Gasteiger partial charge in [0.25, 0.3) is 10.0 Å². The monoisotopic (exact) mass is 341 g/mol. The van der Waals surface area contributed by atoms with Gasteiger partial charge in [-0.3, -0.25) is 0 Å². The average Bonchev–Trinajstić information content (AvgIpc) is 3.02. The van der Waals surface area contributed by atoms with Crippen molar-refractivity contribution < 1.29 is 17.5 Å². The molecule has 1 aliphatic rings. The van der Waals surface area contributed by atoms with Crippen molar-refractivity contribution in [1.82, 2.24) is 4.31 Å². The van der Waals surface area contributed by atoms with Crippen molar-refractivity contribution in [1.29, 1.82) is 0 Å². The zero-order chi connectivity index (χ0) is 15.6. The summed E-state index contributed by atoms with van der Waals surface area (Å²) in [5, 5.41) is 1.75. The highest BCUT2D eigenvalue weighted by molar-refractivity contribution is 7.91. The summed E-state index contributed by atoms with van der Waals surface area (Å²) in [4.78, 5) is 0. The van der Waals surface area contributed by atoms with Crippen LogP contribution in [0.3, 0.4) is 0 Å². The third kappa shape index (κ3) is 3.38. The van der Waals surface area contributed by atoms with E-state index in [2.05, 4.69) is 0 Å². The predicted octanol–water partition coefficient (Wildman–Crippen LogP) is 2.52. The van der Waals surface area contributed by atoms with Gasteiger partial charge in [-0.2, -0.15) is 4.31 Å². The second-order valence-corrected chi connectivity index (χ2v) is 8.23. The van der Waals surface area contributed by atoms with E-state index in [1.807, 2.05) is 6.07 Å². The quantitative estimate of drug-likeness (QED) is 0.858. The van der Waals surface area contributed by atoms with Crippen LogP contribution in [0.5, 0.6) is 0 Å². The fraction of sp³-hybridized carbons (Fsp3) is 0.333. The van der Waals surface area contributed by atoms with Gasteiger partial charge in [0.2, 0.25) is 0 Å². The van der Waals surface area contributed by atoms with E-state index in [0.29, 0.717) is 23.8 Å². The van der Waals surface area contributed by atoms with E-state index in [1.165, 1.54) is 27.8 Å². The molecule has 4 nitrogen and oxygen atoms in total. The maximum absolute atomic E-state index is 13.2. The largest absolute Gasteiger partial charge is 0.375 e. The van der Waals surface area contributed by atoms with Crippen LogP contribution in [0.2, 0.25) is 0 Å². The maximum atomic E-state index is 13.2. The summed E-state index contributed by atoms with van der Waals surface area (Å²) in [7, 11) is -3.45. The molecule has 1 aromatic heterocycles. The van der Waals surface area contributed by atoms with E-state index in [0.717, 1.165) is 5.56 Å². The van der Waals surface area contributed by atoms with Gasteiger partial charge in [-0.05, 0) is 29.1 Å². The Hall–Kier alpha value is -1.28. The lowest BCUT2D eigenvalue weighted by Gasteiger charge is -2.31. The first-order valence-electron chi connectivity index (χ1n) is 6.95. The second-order valence-electron chi connectivity index (χ2n) is 5.12. The number of rotatable bonds is 4. The normalized spacial score (nSPS) is 20.1. The average molecular weight is 341 g/mol. The van der Waals surface area contributed by atoms with Gasteiger partial charge in [-0.25, -0.2) is 12.8 Å². The number of ether oxygens (including phenoxy) is 1. The molecule has 2 heterocycles. The smallest absolute Gasteiger partial charge is 0.252 e. The molecule has 1 fully saturated rings. The zero-order valence-corrected chi connectivity index (χ0v) is 13.4. The molecule has 1 unspecified atom stereocenters. The molecule has 1 aromatic carbocycles. The molecule has 3 rings (SSSR count). The molecular weight excluding hydrogens is 325 g/mol. The molecule has 0 saturated carbocycles. The Bertz CT molecular complexity index is 731. The number of benzene rings is 1. The van der Waals surface area contributed by atoms with E-state index in [-0.39, 0.29) is 18.5 Å². The second kappa shape index (κ2) is 6.45. The summed E-state index contributed by atoms with van der Waals surface area (Å²) < 4.78 is 45.7. The maximum Gasteiger partial charge on any atom is 0.252 e. The molecule has 0 radical (unpaired) electrons. The van der Waals surface area contributed by atoms with Crippen molar-refractivity contribution in [3.8, 4) is 0 Å². The molecule has 0 spiro atoms. The Morgan fingerprint density at radius 3 is 2.91 bits per heavy atom. The topological polar surface area (TPSA) is 46.6 Å². The molecule has 0 amide bonds. The van der Waals surface area contributed by atoms with Gasteiger partial charge in [0.1, 0.15) is 10.0 Å². The van der Waals surface area contributed by atoms with E-state index in [4.69, 9.17) is 4.74 Å². The molecule has 118 valence electrons. The minimum absolute atomic E-state index is 0.259. The molecule has 0 bridgehead atoms. The van der Waals surface area contributed by atoms with Crippen LogP contribution in [0.25, 0.3) is 0 Å². The van der Waals surface area contributed by atoms with Crippen LogP contribution in [0.1, 0.15) is 5.56 Å². The number of thiophene rings is 1. The minimum atomic E-state index is -3.45. The lowest BCUT2D eigenvalue weighted by molar-refractivity contribution is -0.000467. The van der Waals surface area contributed by atoms with Crippen LogP contribution in [-0.4, -0.2) is 38.5 Å². The van der Waals surface area contributed by atoms with Crippen molar-refractivity contribution >= 4 is 21.4 Å². The fourth-order valence-corrected chi connectivity index (χ4v) is 5.10. The van der Waals surface area contributed by atoms with Gasteiger partial charge in [0.05, 0.1) is 12.7 Å². The Labute approximate surface area is 133 Å². The third-order valence-corrected chi connectivity index (χ3v) is 6.78. The van der Waals surface area contributed by atoms with Gasteiger partial charge in [-0.1, -0.05) is 18.2 Å². The first-order chi connectivity index (χ1) is 10.6. The molecule has 22 heavy (non-hydrogen) atoms. The molecule has 0 N–H and O–H groups in total. The van der Waals surface area contributed by atoms with E-state index in [9.17, 15) is 12.8 Å². The Morgan fingerprint density at radius 2 is 2.18 bits per heavy atom. The third-order valence-electron chi connectivity index (χ3n) is 3.54. The molecule has 2 aromatic rings. The van der Waals surface area contributed by atoms with Crippen LogP contribution < -0.4 is 0 Å². The molecule has 1 saturated heterocycles. The first-order valence-corrected chi connectivity index (χ1v) is 9.27. The highest BCUT2D eigenvalue weighted by Crippen LogP contribution is 2.23. The van der Waals surface area contributed by atoms with Crippen LogP contribution in [0.15, 0.2) is 46.0 Å². The number of hydrogen-bond donors (Lipinski definition) is 0. The van der Waals surface area contributed by atoms with Crippen molar-refractivity contribution in [3.05, 3.63) is 53.2 Å². The number of nitrogens with zero attached hydrogens (tertiary/aromatic N) is 1. The SMILES string of the molecule is O=S(=O)(c1cccs1)N1CCOC(Cc2cccc(F)c2)C1. The molecular formula is C15H16FNO3S2. The number of hydrogen-bond acceptors (Lipinski definition) is 4. The van der Waals surface area contributed by atoms with Gasteiger partial charge in [0.15, 0.2) is 0 Å². The number of halogens is 1. The highest BCUT2D eigenvalue weighted by atomic mass is 32.2. The van der Waals surface area contributed by atoms with Crippen LogP contribution in [-0.2, 0) is 21.2 Å². The van der Waals surface area contributed by atoms with Gasteiger partial charge in [0, 0.05) is 19.5 Å². The zero-order valence-electron chi connectivity index (χ0n) is 11.8. The van der Waals surface area contributed by atoms with Crippen molar-refractivity contribution in [2.75, 3.05) is 19.7 Å². The number of morpholine rings is 1. The highest BCUT2D eigenvalue weighted by Gasteiger charge is 2.31. The number of sulfonamides is 1. The summed E-state index contributed by atoms with van der Waals surface area (Å²) >= 11 is 1.21. The predicted molar refractivity (Wildman–Crippen MR) is 82.9 cm³/mol. The van der Waals surface area contributed by atoms with Gasteiger partial charge >= 0.3 is 0 Å². The van der Waals surface area contributed by atoms with E-state index >= 15 is 0 Å². The summed E-state index contributed by atoms with van der Waals surface area (Å²) in [6.07, 6.45) is 0.235. The molecule has 1 atom stereocenters. The van der Waals surface area contributed by atoms with Crippen molar-refractivity contribution in [3.63, 3.8) is 0 Å². The lowest BCUT2D eigenvalue weighted by atomic mass is 10.1. The molecule has 1 aliphatic heterocycles. The van der Waals surface area contributed by atoms with E-state index in [1.54, 1.807) is 23.6 Å². The van der Waals surface area contributed by atoms with Crippen LogP contribution >= 0.6 is 11.3 Å². The van der Waals surface area contributed by atoms with Crippen LogP contribution in [0.4, 0.5) is 4.39 Å². The Balaban J connectivity index is 1.72. The summed E-state index contributed by atoms with van der Waals surface area (Å²) in [6.45, 7) is 0.987. The molecule has 0 aliphatic carbocycles. The summed E-state index contributed by atoms with van der Waals surface area (Å²) in [5.41, 5.74) is 0.806. The fourth-order valence-electron chi connectivity index (χ4n) is 2.50. The van der Waals surface area contributed by atoms with Gasteiger partial charge < -0.3 is 4.74 Å². The van der Waals surface area contributed by atoms with Gasteiger partial charge in [-0.15, -0.1) is 11.3 Å².